The molecule has 0 unspecified atom stereocenters. The number of nitrogens with zero attached hydrogens (tertiary/aromatic N) is 3. The molecule has 140 valence electrons. The van der Waals surface area contributed by atoms with Gasteiger partial charge in [-0.15, -0.1) is 0 Å². The number of thioether (sulfide) groups is 1. The van der Waals surface area contributed by atoms with Gasteiger partial charge in [-0.3, -0.25) is 9.78 Å². The first kappa shape index (κ1) is 18.5. The van der Waals surface area contributed by atoms with Crippen LogP contribution in [0.25, 0.3) is 11.8 Å². The van der Waals surface area contributed by atoms with Crippen molar-refractivity contribution in [2.24, 2.45) is 4.99 Å². The highest BCUT2D eigenvalue weighted by atomic mass is 35.5. The van der Waals surface area contributed by atoms with E-state index in [1.54, 1.807) is 18.3 Å². The van der Waals surface area contributed by atoms with Gasteiger partial charge < -0.3 is 9.88 Å². The summed E-state index contributed by atoms with van der Waals surface area (Å²) >= 11 is 7.23. The molecule has 5 nitrogen and oxygen atoms in total. The number of aryl methyl sites for hydroxylation is 1. The van der Waals surface area contributed by atoms with Crippen LogP contribution in [0.15, 0.2) is 64.8 Å². The lowest BCUT2D eigenvalue weighted by Gasteiger charge is -2.08. The molecule has 0 aliphatic carbocycles. The second-order valence-corrected chi connectivity index (χ2v) is 7.80. The van der Waals surface area contributed by atoms with Gasteiger partial charge in [0, 0.05) is 22.6 Å². The first-order valence-electron chi connectivity index (χ1n) is 8.66. The standard InChI is InChI=1S/C21H17ClN4OS/c1-13-10-15(14(2)26(13)18-4-3-9-23-12-18)11-19-20(27)25-21(28-19)24-17-7-5-16(22)6-8-17/h3-12H,1-2H3,(H,24,25,27)/b19-11-. The van der Waals surface area contributed by atoms with Gasteiger partial charge >= 0.3 is 0 Å². The van der Waals surface area contributed by atoms with Gasteiger partial charge in [0.2, 0.25) is 0 Å². The van der Waals surface area contributed by atoms with Gasteiger partial charge in [0.05, 0.1) is 22.5 Å². The molecule has 4 rings (SSSR count). The zero-order chi connectivity index (χ0) is 19.7. The van der Waals surface area contributed by atoms with E-state index >= 15 is 0 Å². The fourth-order valence-electron chi connectivity index (χ4n) is 3.07. The first-order valence-corrected chi connectivity index (χ1v) is 9.85. The molecule has 2 aromatic heterocycles. The van der Waals surface area contributed by atoms with E-state index in [2.05, 4.69) is 25.9 Å². The number of hydrogen-bond acceptors (Lipinski definition) is 4. The van der Waals surface area contributed by atoms with E-state index in [1.807, 2.05) is 50.4 Å². The zero-order valence-electron chi connectivity index (χ0n) is 15.3. The molecule has 0 bridgehead atoms. The molecule has 1 aromatic carbocycles. The molecule has 1 aliphatic rings. The molecule has 0 atom stereocenters. The number of nitrogens with one attached hydrogen (secondary N) is 1. The van der Waals surface area contributed by atoms with Crippen LogP contribution in [0.5, 0.6) is 0 Å². The van der Waals surface area contributed by atoms with Crippen LogP contribution in [0.3, 0.4) is 0 Å². The summed E-state index contributed by atoms with van der Waals surface area (Å²) in [6.07, 6.45) is 5.48. The summed E-state index contributed by atoms with van der Waals surface area (Å²) in [6, 6.07) is 13.1. The molecule has 0 saturated carbocycles. The third kappa shape index (κ3) is 3.74. The monoisotopic (exact) mass is 408 g/mol. The summed E-state index contributed by atoms with van der Waals surface area (Å²) < 4.78 is 2.12. The summed E-state index contributed by atoms with van der Waals surface area (Å²) in [7, 11) is 0. The molecule has 1 N–H and O–H groups in total. The number of pyridine rings is 1. The number of carbonyl (C=O) groups excluding carboxylic acids is 1. The second-order valence-electron chi connectivity index (χ2n) is 6.33. The first-order chi connectivity index (χ1) is 13.5. The molecule has 0 spiro atoms. The number of amides is 1. The van der Waals surface area contributed by atoms with Crippen molar-refractivity contribution in [2.45, 2.75) is 13.8 Å². The van der Waals surface area contributed by atoms with E-state index in [0.717, 1.165) is 28.3 Å². The number of carbonyl (C=O) groups is 1. The Kier molecular flexibility index (Phi) is 5.07. The molecule has 1 saturated heterocycles. The third-order valence-electron chi connectivity index (χ3n) is 4.37. The van der Waals surface area contributed by atoms with Crippen LogP contribution in [0.1, 0.15) is 17.0 Å². The molecule has 1 amide bonds. The van der Waals surface area contributed by atoms with Crippen molar-refractivity contribution in [1.29, 1.82) is 0 Å². The highest BCUT2D eigenvalue weighted by molar-refractivity contribution is 8.18. The van der Waals surface area contributed by atoms with E-state index in [-0.39, 0.29) is 5.91 Å². The van der Waals surface area contributed by atoms with Crippen LogP contribution in [0, 0.1) is 13.8 Å². The minimum atomic E-state index is -0.149. The number of halogens is 1. The topological polar surface area (TPSA) is 59.3 Å². The SMILES string of the molecule is Cc1cc(/C=C2\SC(=Nc3ccc(Cl)cc3)NC2=O)c(C)n1-c1cccnc1. The second kappa shape index (κ2) is 7.66. The third-order valence-corrected chi connectivity index (χ3v) is 5.53. The quantitative estimate of drug-likeness (QED) is 0.618. The van der Waals surface area contributed by atoms with Crippen molar-refractivity contribution < 1.29 is 4.79 Å². The molecule has 3 heterocycles. The molecule has 0 radical (unpaired) electrons. The molecule has 1 fully saturated rings. The maximum absolute atomic E-state index is 12.4. The number of aliphatic imine (C=N–C) groups is 1. The number of aromatic nitrogens is 2. The molecule has 3 aromatic rings. The highest BCUT2D eigenvalue weighted by Gasteiger charge is 2.24. The molecule has 28 heavy (non-hydrogen) atoms. The van der Waals surface area contributed by atoms with E-state index in [1.165, 1.54) is 11.8 Å². The number of hydrogen-bond donors (Lipinski definition) is 1. The predicted octanol–water partition coefficient (Wildman–Crippen LogP) is 5.03. The molecular weight excluding hydrogens is 392 g/mol. The lowest BCUT2D eigenvalue weighted by atomic mass is 10.2. The van der Waals surface area contributed by atoms with Crippen LogP contribution >= 0.6 is 23.4 Å². The summed E-state index contributed by atoms with van der Waals surface area (Å²) in [6.45, 7) is 4.07. The molecule has 7 heteroatoms. The Hall–Kier alpha value is -2.83. The minimum Gasteiger partial charge on any atom is -0.316 e. The number of rotatable bonds is 3. The maximum atomic E-state index is 12.4. The van der Waals surface area contributed by atoms with Crippen LogP contribution in [0.2, 0.25) is 5.02 Å². The smallest absolute Gasteiger partial charge is 0.264 e. The summed E-state index contributed by atoms with van der Waals surface area (Å²) in [5, 5.41) is 4.02. The Morgan fingerprint density at radius 3 is 2.71 bits per heavy atom. The summed E-state index contributed by atoms with van der Waals surface area (Å²) in [5.74, 6) is -0.149. The van der Waals surface area contributed by atoms with Gasteiger partial charge in [0.1, 0.15) is 0 Å². The van der Waals surface area contributed by atoms with Crippen LogP contribution in [-0.4, -0.2) is 20.6 Å². The largest absolute Gasteiger partial charge is 0.316 e. The predicted molar refractivity (Wildman–Crippen MR) is 115 cm³/mol. The highest BCUT2D eigenvalue weighted by Crippen LogP contribution is 2.30. The molecule has 1 aliphatic heterocycles. The lowest BCUT2D eigenvalue weighted by Crippen LogP contribution is -2.19. The van der Waals surface area contributed by atoms with Crippen molar-refractivity contribution in [1.82, 2.24) is 14.9 Å². The lowest BCUT2D eigenvalue weighted by molar-refractivity contribution is -0.115. The van der Waals surface area contributed by atoms with Crippen LogP contribution in [0.4, 0.5) is 5.69 Å². The minimum absolute atomic E-state index is 0.149. The van der Waals surface area contributed by atoms with Crippen molar-refractivity contribution in [3.05, 3.63) is 81.7 Å². The summed E-state index contributed by atoms with van der Waals surface area (Å²) in [4.78, 5) is 21.7. The Morgan fingerprint density at radius 2 is 2.00 bits per heavy atom. The van der Waals surface area contributed by atoms with E-state index in [4.69, 9.17) is 11.6 Å². The Balaban J connectivity index is 1.63. The summed E-state index contributed by atoms with van der Waals surface area (Å²) in [5.41, 5.74) is 4.86. The van der Waals surface area contributed by atoms with Crippen molar-refractivity contribution in [2.75, 3.05) is 0 Å². The van der Waals surface area contributed by atoms with Gasteiger partial charge in [-0.25, -0.2) is 4.99 Å². The fraction of sp³-hybridized carbons (Fsp3) is 0.0952. The molecular formula is C21H17ClN4OS. The van der Waals surface area contributed by atoms with Crippen LogP contribution < -0.4 is 5.32 Å². The Morgan fingerprint density at radius 1 is 1.21 bits per heavy atom. The van der Waals surface area contributed by atoms with Crippen molar-refractivity contribution in [3.63, 3.8) is 0 Å². The van der Waals surface area contributed by atoms with Gasteiger partial charge in [-0.1, -0.05) is 11.6 Å². The van der Waals surface area contributed by atoms with E-state index in [0.29, 0.717) is 15.1 Å². The van der Waals surface area contributed by atoms with Gasteiger partial charge in [-0.2, -0.15) is 0 Å². The number of amidine groups is 1. The average molecular weight is 409 g/mol. The zero-order valence-corrected chi connectivity index (χ0v) is 16.9. The maximum Gasteiger partial charge on any atom is 0.264 e. The van der Waals surface area contributed by atoms with Gasteiger partial charge in [0.15, 0.2) is 5.17 Å². The average Bonchev–Trinajstić information content (AvgIpc) is 3.16. The van der Waals surface area contributed by atoms with E-state index < -0.39 is 0 Å². The van der Waals surface area contributed by atoms with Crippen molar-refractivity contribution in [3.8, 4) is 5.69 Å². The van der Waals surface area contributed by atoms with Gasteiger partial charge in [0.25, 0.3) is 5.91 Å². The fourth-order valence-corrected chi connectivity index (χ4v) is 4.03. The number of benzene rings is 1. The van der Waals surface area contributed by atoms with Crippen molar-refractivity contribution >= 4 is 46.2 Å². The van der Waals surface area contributed by atoms with Gasteiger partial charge in [-0.05, 0) is 79.7 Å². The normalized spacial score (nSPS) is 16.8. The Labute approximate surface area is 172 Å². The Bertz CT molecular complexity index is 1100. The van der Waals surface area contributed by atoms with Crippen LogP contribution in [-0.2, 0) is 4.79 Å². The van der Waals surface area contributed by atoms with E-state index in [9.17, 15) is 4.79 Å².